The molecule has 0 radical (unpaired) electrons. The quantitative estimate of drug-likeness (QED) is 0.768. The Kier molecular flexibility index (Phi) is 4.04. The molecule has 0 aliphatic carbocycles. The normalized spacial score (nSPS) is 14.7. The summed E-state index contributed by atoms with van der Waals surface area (Å²) in [7, 11) is 0. The Labute approximate surface area is 91.5 Å². The molecule has 1 rings (SSSR count). The van der Waals surface area contributed by atoms with E-state index in [0.717, 1.165) is 6.42 Å². The van der Waals surface area contributed by atoms with Crippen molar-refractivity contribution in [2.45, 2.75) is 39.2 Å². The van der Waals surface area contributed by atoms with Crippen molar-refractivity contribution in [3.63, 3.8) is 0 Å². The molecule has 0 fully saturated rings. The summed E-state index contributed by atoms with van der Waals surface area (Å²) >= 11 is 0. The lowest BCUT2D eigenvalue weighted by Crippen LogP contribution is -2.26. The Morgan fingerprint density at radius 1 is 1.27 bits per heavy atom. The lowest BCUT2D eigenvalue weighted by atomic mass is 9.96. The van der Waals surface area contributed by atoms with Gasteiger partial charge in [0, 0.05) is 5.56 Å². The van der Waals surface area contributed by atoms with Crippen molar-refractivity contribution in [3.05, 3.63) is 35.4 Å². The maximum atomic E-state index is 11.6. The van der Waals surface area contributed by atoms with Crippen molar-refractivity contribution in [3.8, 4) is 0 Å². The van der Waals surface area contributed by atoms with Crippen LogP contribution >= 0.6 is 0 Å². The van der Waals surface area contributed by atoms with E-state index in [9.17, 15) is 4.79 Å². The molecule has 0 heterocycles. The standard InChI is InChI=1S/C13H19NO/c1-4-9(2)11-5-7-12(8-6-11)13(15)10(3)14/h5-10H,4,14H2,1-3H3. The highest BCUT2D eigenvalue weighted by Gasteiger charge is 2.11. The number of benzene rings is 1. The second kappa shape index (κ2) is 5.08. The van der Waals surface area contributed by atoms with Gasteiger partial charge < -0.3 is 5.73 Å². The maximum absolute atomic E-state index is 11.6. The molecule has 0 aliphatic heterocycles. The number of hydrogen-bond donors (Lipinski definition) is 1. The van der Waals surface area contributed by atoms with Gasteiger partial charge in [-0.25, -0.2) is 0 Å². The van der Waals surface area contributed by atoms with Gasteiger partial charge in [-0.1, -0.05) is 38.1 Å². The average molecular weight is 205 g/mol. The first-order valence-electron chi connectivity index (χ1n) is 5.46. The van der Waals surface area contributed by atoms with Gasteiger partial charge in [0.1, 0.15) is 0 Å². The number of hydrogen-bond acceptors (Lipinski definition) is 2. The molecule has 0 amide bonds. The first-order chi connectivity index (χ1) is 7.06. The van der Waals surface area contributed by atoms with Crippen LogP contribution in [-0.2, 0) is 0 Å². The maximum Gasteiger partial charge on any atom is 0.179 e. The van der Waals surface area contributed by atoms with Crippen molar-refractivity contribution in [1.29, 1.82) is 0 Å². The topological polar surface area (TPSA) is 43.1 Å². The summed E-state index contributed by atoms with van der Waals surface area (Å²) in [4.78, 5) is 11.6. The van der Waals surface area contributed by atoms with Crippen LogP contribution in [0.3, 0.4) is 0 Å². The summed E-state index contributed by atoms with van der Waals surface area (Å²) in [6, 6.07) is 7.35. The predicted octanol–water partition coefficient (Wildman–Crippen LogP) is 2.73. The number of Topliss-reactive ketones (excluding diaryl/α,β-unsaturated/α-hetero) is 1. The Hall–Kier alpha value is -1.15. The number of rotatable bonds is 4. The zero-order valence-corrected chi connectivity index (χ0v) is 9.66. The number of nitrogens with two attached hydrogens (primary N) is 1. The molecule has 2 N–H and O–H groups in total. The molecule has 0 aliphatic rings. The SMILES string of the molecule is CCC(C)c1ccc(C(=O)C(C)N)cc1. The van der Waals surface area contributed by atoms with Crippen LogP contribution in [0.15, 0.2) is 24.3 Å². The van der Waals surface area contributed by atoms with Crippen molar-refractivity contribution in [2.75, 3.05) is 0 Å². The van der Waals surface area contributed by atoms with Crippen LogP contribution in [0, 0.1) is 0 Å². The van der Waals surface area contributed by atoms with Gasteiger partial charge in [0.05, 0.1) is 6.04 Å². The van der Waals surface area contributed by atoms with Gasteiger partial charge in [0.25, 0.3) is 0 Å². The largest absolute Gasteiger partial charge is 0.321 e. The van der Waals surface area contributed by atoms with E-state index in [1.165, 1.54) is 5.56 Å². The van der Waals surface area contributed by atoms with Crippen LogP contribution in [0.25, 0.3) is 0 Å². The smallest absolute Gasteiger partial charge is 0.179 e. The minimum Gasteiger partial charge on any atom is -0.321 e. The highest BCUT2D eigenvalue weighted by atomic mass is 16.1. The second-order valence-electron chi connectivity index (χ2n) is 4.08. The molecule has 82 valence electrons. The molecule has 0 bridgehead atoms. The molecule has 0 saturated carbocycles. The molecular weight excluding hydrogens is 186 g/mol. The van der Waals surface area contributed by atoms with Gasteiger partial charge in [-0.05, 0) is 24.8 Å². The van der Waals surface area contributed by atoms with Crippen molar-refractivity contribution in [1.82, 2.24) is 0 Å². The van der Waals surface area contributed by atoms with Crippen LogP contribution in [-0.4, -0.2) is 11.8 Å². The lowest BCUT2D eigenvalue weighted by molar-refractivity contribution is 0.0968. The molecule has 0 saturated heterocycles. The summed E-state index contributed by atoms with van der Waals surface area (Å²) in [5.41, 5.74) is 7.52. The summed E-state index contributed by atoms with van der Waals surface area (Å²) in [6.45, 7) is 6.05. The summed E-state index contributed by atoms with van der Waals surface area (Å²) in [5, 5.41) is 0. The van der Waals surface area contributed by atoms with Crippen molar-refractivity contribution < 1.29 is 4.79 Å². The average Bonchev–Trinajstić information content (AvgIpc) is 2.27. The molecule has 2 unspecified atom stereocenters. The third-order valence-electron chi connectivity index (χ3n) is 2.79. The molecule has 2 heteroatoms. The number of carbonyl (C=O) groups excluding carboxylic acids is 1. The van der Waals surface area contributed by atoms with Gasteiger partial charge in [0.15, 0.2) is 5.78 Å². The third kappa shape index (κ3) is 2.90. The van der Waals surface area contributed by atoms with Gasteiger partial charge in [-0.3, -0.25) is 4.79 Å². The van der Waals surface area contributed by atoms with Crippen LogP contribution < -0.4 is 5.73 Å². The minimum atomic E-state index is -0.417. The van der Waals surface area contributed by atoms with Crippen LogP contribution in [0.5, 0.6) is 0 Å². The van der Waals surface area contributed by atoms with E-state index in [0.29, 0.717) is 11.5 Å². The van der Waals surface area contributed by atoms with Crippen LogP contribution in [0.4, 0.5) is 0 Å². The van der Waals surface area contributed by atoms with Crippen LogP contribution in [0.1, 0.15) is 49.0 Å². The van der Waals surface area contributed by atoms with Gasteiger partial charge in [-0.2, -0.15) is 0 Å². The third-order valence-corrected chi connectivity index (χ3v) is 2.79. The highest BCUT2D eigenvalue weighted by molar-refractivity contribution is 5.99. The first-order valence-corrected chi connectivity index (χ1v) is 5.46. The summed E-state index contributed by atoms with van der Waals surface area (Å²) in [6.07, 6.45) is 1.11. The van der Waals surface area contributed by atoms with Crippen molar-refractivity contribution >= 4 is 5.78 Å². The van der Waals surface area contributed by atoms with E-state index in [2.05, 4.69) is 13.8 Å². The fourth-order valence-electron chi connectivity index (χ4n) is 1.47. The zero-order valence-electron chi connectivity index (χ0n) is 9.66. The molecule has 0 spiro atoms. The van der Waals surface area contributed by atoms with E-state index in [4.69, 9.17) is 5.73 Å². The van der Waals surface area contributed by atoms with Crippen LogP contribution in [0.2, 0.25) is 0 Å². The highest BCUT2D eigenvalue weighted by Crippen LogP contribution is 2.19. The zero-order chi connectivity index (χ0) is 11.4. The van der Waals surface area contributed by atoms with E-state index < -0.39 is 6.04 Å². The Morgan fingerprint density at radius 2 is 1.80 bits per heavy atom. The molecule has 15 heavy (non-hydrogen) atoms. The Bertz CT molecular complexity index is 327. The molecule has 2 nitrogen and oxygen atoms in total. The van der Waals surface area contributed by atoms with E-state index in [-0.39, 0.29) is 5.78 Å². The summed E-state index contributed by atoms with van der Waals surface area (Å²) < 4.78 is 0. The molecular formula is C13H19NO. The number of carbonyl (C=O) groups is 1. The monoisotopic (exact) mass is 205 g/mol. The predicted molar refractivity (Wildman–Crippen MR) is 63.1 cm³/mol. The fraction of sp³-hybridized carbons (Fsp3) is 0.462. The molecule has 0 aromatic heterocycles. The summed E-state index contributed by atoms with van der Waals surface area (Å²) in [5.74, 6) is 0.551. The van der Waals surface area contributed by atoms with Crippen molar-refractivity contribution in [2.24, 2.45) is 5.73 Å². The number of ketones is 1. The Morgan fingerprint density at radius 3 is 2.20 bits per heavy atom. The van der Waals surface area contributed by atoms with Gasteiger partial charge in [0.2, 0.25) is 0 Å². The molecule has 1 aromatic rings. The molecule has 1 aromatic carbocycles. The van der Waals surface area contributed by atoms with Gasteiger partial charge in [-0.15, -0.1) is 0 Å². The Balaban J connectivity index is 2.85. The van der Waals surface area contributed by atoms with Gasteiger partial charge >= 0.3 is 0 Å². The lowest BCUT2D eigenvalue weighted by Gasteiger charge is -2.10. The van der Waals surface area contributed by atoms with E-state index in [1.807, 2.05) is 24.3 Å². The molecule has 2 atom stereocenters. The van der Waals surface area contributed by atoms with E-state index in [1.54, 1.807) is 6.92 Å². The minimum absolute atomic E-state index is 0.00528. The van der Waals surface area contributed by atoms with E-state index >= 15 is 0 Å². The second-order valence-corrected chi connectivity index (χ2v) is 4.08. The fourth-order valence-corrected chi connectivity index (χ4v) is 1.47. The first kappa shape index (κ1) is 11.9.